The zero-order valence-electron chi connectivity index (χ0n) is 16.0. The number of aromatic amines is 1. The molecule has 5 rings (SSSR count). The summed E-state index contributed by atoms with van der Waals surface area (Å²) >= 11 is 0. The molecule has 4 aromatic heterocycles. The highest BCUT2D eigenvalue weighted by Crippen LogP contribution is 2.33. The van der Waals surface area contributed by atoms with E-state index in [4.69, 9.17) is 9.72 Å². The second-order valence-corrected chi connectivity index (χ2v) is 9.08. The Morgan fingerprint density at radius 1 is 1.28 bits per heavy atom. The SMILES string of the molecule is C[C@@H]1COCCN1c1nc(-c2ccnc3[nH]ccc23)cc2c1ncn2S(C)(=O)=O. The van der Waals surface area contributed by atoms with Gasteiger partial charge in [-0.05, 0) is 25.1 Å². The summed E-state index contributed by atoms with van der Waals surface area (Å²) in [7, 11) is -3.51. The van der Waals surface area contributed by atoms with Gasteiger partial charge in [0, 0.05) is 29.9 Å². The van der Waals surface area contributed by atoms with Crippen molar-refractivity contribution < 1.29 is 13.2 Å². The van der Waals surface area contributed by atoms with Crippen LogP contribution in [0.5, 0.6) is 0 Å². The highest BCUT2D eigenvalue weighted by molar-refractivity contribution is 7.89. The molecule has 10 heteroatoms. The number of rotatable bonds is 3. The van der Waals surface area contributed by atoms with E-state index in [0.29, 0.717) is 42.3 Å². The number of ether oxygens (including phenoxy) is 1. The van der Waals surface area contributed by atoms with E-state index in [1.54, 1.807) is 12.3 Å². The van der Waals surface area contributed by atoms with E-state index in [0.717, 1.165) is 16.6 Å². The predicted molar refractivity (Wildman–Crippen MR) is 110 cm³/mol. The number of anilines is 1. The smallest absolute Gasteiger partial charge is 0.237 e. The van der Waals surface area contributed by atoms with E-state index < -0.39 is 10.0 Å². The molecule has 4 aromatic rings. The van der Waals surface area contributed by atoms with Crippen LogP contribution in [0.15, 0.2) is 36.9 Å². The van der Waals surface area contributed by atoms with Crippen LogP contribution in [0.25, 0.3) is 33.3 Å². The lowest BCUT2D eigenvalue weighted by atomic mass is 10.1. The molecule has 1 fully saturated rings. The van der Waals surface area contributed by atoms with Crippen LogP contribution in [0, 0.1) is 0 Å². The standard InChI is InChI=1S/C19H20N6O3S/c1-12-10-28-8-7-24(12)19-17-16(25(11-22-17)29(2,26)27)9-15(23-19)13-3-5-20-18-14(13)4-6-21-18/h3-6,9,11-12H,7-8,10H2,1-2H3,(H,20,21)/t12-/m1/s1. The molecule has 0 aliphatic carbocycles. The molecular formula is C19H20N6O3S. The van der Waals surface area contributed by atoms with Crippen molar-refractivity contribution in [2.24, 2.45) is 0 Å². The van der Waals surface area contributed by atoms with Crippen molar-refractivity contribution in [3.8, 4) is 11.3 Å². The number of imidazole rings is 1. The Bertz CT molecular complexity index is 1330. The highest BCUT2D eigenvalue weighted by atomic mass is 32.2. The van der Waals surface area contributed by atoms with Gasteiger partial charge in [0.1, 0.15) is 17.5 Å². The van der Waals surface area contributed by atoms with Gasteiger partial charge >= 0.3 is 0 Å². The molecule has 0 amide bonds. The summed E-state index contributed by atoms with van der Waals surface area (Å²) in [5, 5.41) is 0.922. The molecule has 0 aromatic carbocycles. The minimum atomic E-state index is -3.51. The number of hydrogen-bond donors (Lipinski definition) is 1. The van der Waals surface area contributed by atoms with E-state index in [-0.39, 0.29) is 6.04 Å². The molecule has 5 heterocycles. The first-order chi connectivity index (χ1) is 13.9. The molecule has 0 spiro atoms. The minimum Gasteiger partial charge on any atom is -0.377 e. The van der Waals surface area contributed by atoms with Crippen molar-refractivity contribution in [3.63, 3.8) is 0 Å². The third-order valence-corrected chi connectivity index (χ3v) is 6.22. The lowest BCUT2D eigenvalue weighted by molar-refractivity contribution is 0.0987. The Morgan fingerprint density at radius 2 is 2.14 bits per heavy atom. The molecule has 1 aliphatic heterocycles. The van der Waals surface area contributed by atoms with Gasteiger partial charge in [-0.15, -0.1) is 0 Å². The number of fused-ring (bicyclic) bond motifs is 2. The summed E-state index contributed by atoms with van der Waals surface area (Å²) < 4.78 is 31.4. The van der Waals surface area contributed by atoms with Crippen LogP contribution in [0.4, 0.5) is 5.82 Å². The third kappa shape index (κ3) is 2.95. The fourth-order valence-electron chi connectivity index (χ4n) is 3.80. The Morgan fingerprint density at radius 3 is 2.93 bits per heavy atom. The molecule has 0 bridgehead atoms. The summed E-state index contributed by atoms with van der Waals surface area (Å²) in [6.07, 6.45) is 6.05. The van der Waals surface area contributed by atoms with Crippen molar-refractivity contribution in [1.29, 1.82) is 0 Å². The van der Waals surface area contributed by atoms with Crippen LogP contribution in [0.3, 0.4) is 0 Å². The fraction of sp³-hybridized carbons (Fsp3) is 0.316. The number of H-pyrrole nitrogens is 1. The van der Waals surface area contributed by atoms with Gasteiger partial charge in [0.2, 0.25) is 10.0 Å². The molecule has 1 atom stereocenters. The Balaban J connectivity index is 1.82. The van der Waals surface area contributed by atoms with Crippen molar-refractivity contribution in [2.45, 2.75) is 13.0 Å². The minimum absolute atomic E-state index is 0.0998. The number of aromatic nitrogens is 5. The molecular weight excluding hydrogens is 392 g/mol. The number of nitrogens with one attached hydrogen (secondary N) is 1. The van der Waals surface area contributed by atoms with Gasteiger partial charge in [-0.1, -0.05) is 0 Å². The molecule has 1 N–H and O–H groups in total. The maximum Gasteiger partial charge on any atom is 0.237 e. The van der Waals surface area contributed by atoms with Gasteiger partial charge in [0.05, 0.1) is 36.7 Å². The maximum atomic E-state index is 12.3. The average molecular weight is 412 g/mol. The van der Waals surface area contributed by atoms with Gasteiger partial charge in [-0.25, -0.2) is 27.3 Å². The molecule has 9 nitrogen and oxygen atoms in total. The summed E-state index contributed by atoms with van der Waals surface area (Å²) in [6, 6.07) is 5.70. The molecule has 1 saturated heterocycles. The van der Waals surface area contributed by atoms with Gasteiger partial charge < -0.3 is 14.6 Å². The summed E-state index contributed by atoms with van der Waals surface area (Å²) in [5.41, 5.74) is 3.37. The fourth-order valence-corrected chi connectivity index (χ4v) is 4.52. The first-order valence-corrected chi connectivity index (χ1v) is 11.1. The first kappa shape index (κ1) is 18.1. The molecule has 0 radical (unpaired) electrons. The van der Waals surface area contributed by atoms with Crippen LogP contribution in [-0.4, -0.2) is 64.4 Å². The van der Waals surface area contributed by atoms with Crippen LogP contribution in [0.1, 0.15) is 6.92 Å². The summed E-state index contributed by atoms with van der Waals surface area (Å²) in [6.45, 7) is 3.89. The highest BCUT2D eigenvalue weighted by Gasteiger charge is 2.26. The van der Waals surface area contributed by atoms with E-state index in [1.165, 1.54) is 16.6 Å². The number of hydrogen-bond acceptors (Lipinski definition) is 7. The van der Waals surface area contributed by atoms with Crippen LogP contribution < -0.4 is 4.90 Å². The Kier molecular flexibility index (Phi) is 4.07. The van der Waals surface area contributed by atoms with Gasteiger partial charge in [-0.3, -0.25) is 0 Å². The van der Waals surface area contributed by atoms with Crippen molar-refractivity contribution in [1.82, 2.24) is 23.9 Å². The lowest BCUT2D eigenvalue weighted by Crippen LogP contribution is -2.44. The van der Waals surface area contributed by atoms with Crippen LogP contribution >= 0.6 is 0 Å². The third-order valence-electron chi connectivity index (χ3n) is 5.22. The number of pyridine rings is 2. The second kappa shape index (κ2) is 6.53. The topological polar surface area (TPSA) is 106 Å². The van der Waals surface area contributed by atoms with E-state index in [9.17, 15) is 8.42 Å². The zero-order chi connectivity index (χ0) is 20.2. The normalized spacial score (nSPS) is 18.0. The van der Waals surface area contributed by atoms with Crippen LogP contribution in [-0.2, 0) is 14.8 Å². The quantitative estimate of drug-likeness (QED) is 0.549. The first-order valence-electron chi connectivity index (χ1n) is 9.29. The maximum absolute atomic E-state index is 12.3. The Hall–Kier alpha value is -2.98. The lowest BCUT2D eigenvalue weighted by Gasteiger charge is -2.34. The molecule has 0 unspecified atom stereocenters. The van der Waals surface area contributed by atoms with Crippen molar-refractivity contribution in [3.05, 3.63) is 36.9 Å². The molecule has 29 heavy (non-hydrogen) atoms. The van der Waals surface area contributed by atoms with Crippen molar-refractivity contribution >= 4 is 37.9 Å². The second-order valence-electron chi connectivity index (χ2n) is 7.22. The van der Waals surface area contributed by atoms with Gasteiger partial charge in [-0.2, -0.15) is 0 Å². The largest absolute Gasteiger partial charge is 0.377 e. The number of nitrogens with zero attached hydrogens (tertiary/aromatic N) is 5. The molecule has 1 aliphatic rings. The van der Waals surface area contributed by atoms with Gasteiger partial charge in [0.15, 0.2) is 5.82 Å². The average Bonchev–Trinajstić information content (AvgIpc) is 3.34. The van der Waals surface area contributed by atoms with E-state index in [1.807, 2.05) is 18.3 Å². The summed E-state index contributed by atoms with van der Waals surface area (Å²) in [5.74, 6) is 0.663. The van der Waals surface area contributed by atoms with Crippen molar-refractivity contribution in [2.75, 3.05) is 30.9 Å². The Labute approximate surface area is 167 Å². The zero-order valence-corrected chi connectivity index (χ0v) is 16.8. The van der Waals surface area contributed by atoms with Crippen LogP contribution in [0.2, 0.25) is 0 Å². The van der Waals surface area contributed by atoms with E-state index >= 15 is 0 Å². The molecule has 150 valence electrons. The monoisotopic (exact) mass is 412 g/mol. The van der Waals surface area contributed by atoms with E-state index in [2.05, 4.69) is 26.8 Å². The predicted octanol–water partition coefficient (Wildman–Crippen LogP) is 2.01. The molecule has 0 saturated carbocycles. The summed E-state index contributed by atoms with van der Waals surface area (Å²) in [4.78, 5) is 18.9. The van der Waals surface area contributed by atoms with Gasteiger partial charge in [0.25, 0.3) is 0 Å². The number of morpholine rings is 1.